The van der Waals surface area contributed by atoms with Crippen LogP contribution < -0.4 is 10.9 Å². The summed E-state index contributed by atoms with van der Waals surface area (Å²) < 4.78 is 6.71. The van der Waals surface area contributed by atoms with Gasteiger partial charge in [0.2, 0.25) is 5.91 Å². The summed E-state index contributed by atoms with van der Waals surface area (Å²) in [5, 5.41) is 7.96. The van der Waals surface area contributed by atoms with Gasteiger partial charge < -0.3 is 10.1 Å². The summed E-state index contributed by atoms with van der Waals surface area (Å²) in [4.78, 5) is 29.5. The van der Waals surface area contributed by atoms with Gasteiger partial charge in [-0.2, -0.15) is 9.61 Å². The van der Waals surface area contributed by atoms with Crippen molar-refractivity contribution in [2.45, 2.75) is 32.2 Å². The van der Waals surface area contributed by atoms with Crippen molar-refractivity contribution >= 4 is 23.2 Å². The van der Waals surface area contributed by atoms with Gasteiger partial charge in [-0.15, -0.1) is 0 Å². The molecular formula is C22H23ClN4O3. The van der Waals surface area contributed by atoms with Crippen LogP contribution in [0.2, 0.25) is 5.02 Å². The summed E-state index contributed by atoms with van der Waals surface area (Å²) in [6.45, 7) is 1.91. The third kappa shape index (κ3) is 5.04. The molecule has 1 saturated heterocycles. The van der Waals surface area contributed by atoms with E-state index in [-0.39, 0.29) is 17.9 Å². The zero-order valence-electron chi connectivity index (χ0n) is 16.5. The number of hydrogen-bond acceptors (Lipinski definition) is 5. The average Bonchev–Trinajstić information content (AvgIpc) is 2.76. The minimum atomic E-state index is -0.310. The molecule has 1 fully saturated rings. The molecule has 0 radical (unpaired) electrons. The van der Waals surface area contributed by atoms with Gasteiger partial charge in [0.1, 0.15) is 0 Å². The van der Waals surface area contributed by atoms with Crippen LogP contribution in [0, 0.1) is 5.92 Å². The van der Waals surface area contributed by atoms with E-state index in [0.717, 1.165) is 43.7 Å². The number of nitrogens with zero attached hydrogens (tertiary/aromatic N) is 3. The summed E-state index contributed by atoms with van der Waals surface area (Å²) in [5.41, 5.74) is 2.26. The summed E-state index contributed by atoms with van der Waals surface area (Å²) in [5.74, 6) is 0.261. The Morgan fingerprint density at radius 3 is 2.70 bits per heavy atom. The molecule has 0 aliphatic carbocycles. The molecule has 0 spiro atoms. The van der Waals surface area contributed by atoms with Crippen LogP contribution in [0.5, 0.6) is 0 Å². The van der Waals surface area contributed by atoms with Crippen molar-refractivity contribution in [3.8, 4) is 0 Å². The second-order valence-corrected chi connectivity index (χ2v) is 7.96. The standard InChI is InChI=1S/C22H23ClN4O3/c23-18-3-1-16(2-4-18)13-25-21(28)12-17-14-24-20-6-5-19(26-27(20)22(17)29)11-15-7-9-30-10-8-15/h1-6,14-15H,7-13H2,(H,25,28). The Labute approximate surface area is 179 Å². The van der Waals surface area contributed by atoms with Crippen LogP contribution in [-0.2, 0) is 28.9 Å². The van der Waals surface area contributed by atoms with Gasteiger partial charge in [0.05, 0.1) is 12.1 Å². The van der Waals surface area contributed by atoms with E-state index >= 15 is 0 Å². The Kier molecular flexibility index (Phi) is 6.40. The molecule has 8 heteroatoms. The van der Waals surface area contributed by atoms with Gasteiger partial charge >= 0.3 is 0 Å². The maximum atomic E-state index is 12.9. The molecule has 4 rings (SSSR count). The molecule has 2 aromatic heterocycles. The third-order valence-electron chi connectivity index (χ3n) is 5.28. The highest BCUT2D eigenvalue weighted by atomic mass is 35.5. The summed E-state index contributed by atoms with van der Waals surface area (Å²) in [6, 6.07) is 10.9. The van der Waals surface area contributed by atoms with Gasteiger partial charge in [-0.3, -0.25) is 9.59 Å². The van der Waals surface area contributed by atoms with Crippen LogP contribution in [0.1, 0.15) is 29.7 Å². The van der Waals surface area contributed by atoms with Crippen LogP contribution in [0.15, 0.2) is 47.4 Å². The number of fused-ring (bicyclic) bond motifs is 1. The Balaban J connectivity index is 1.45. The van der Waals surface area contributed by atoms with Gasteiger partial charge in [-0.1, -0.05) is 23.7 Å². The number of ether oxygens (including phenoxy) is 1. The average molecular weight is 427 g/mol. The monoisotopic (exact) mass is 426 g/mol. The highest BCUT2D eigenvalue weighted by molar-refractivity contribution is 6.30. The minimum Gasteiger partial charge on any atom is -0.381 e. The molecule has 1 amide bonds. The number of aromatic nitrogens is 3. The molecule has 1 aliphatic heterocycles. The molecule has 0 saturated carbocycles. The molecule has 3 heterocycles. The Morgan fingerprint density at radius 2 is 1.93 bits per heavy atom. The fraction of sp³-hybridized carbons (Fsp3) is 0.364. The van der Waals surface area contributed by atoms with Crippen molar-refractivity contribution in [1.82, 2.24) is 19.9 Å². The van der Waals surface area contributed by atoms with E-state index < -0.39 is 0 Å². The Hall–Kier alpha value is -2.77. The largest absolute Gasteiger partial charge is 0.381 e. The van der Waals surface area contributed by atoms with Crippen molar-refractivity contribution in [2.24, 2.45) is 5.92 Å². The van der Waals surface area contributed by atoms with E-state index in [0.29, 0.717) is 28.7 Å². The van der Waals surface area contributed by atoms with Crippen molar-refractivity contribution in [2.75, 3.05) is 13.2 Å². The first kappa shape index (κ1) is 20.5. The molecule has 7 nitrogen and oxygen atoms in total. The summed E-state index contributed by atoms with van der Waals surface area (Å²) >= 11 is 5.87. The Bertz CT molecular complexity index is 1090. The van der Waals surface area contributed by atoms with E-state index in [4.69, 9.17) is 16.3 Å². The van der Waals surface area contributed by atoms with Crippen LogP contribution in [0.4, 0.5) is 0 Å². The van der Waals surface area contributed by atoms with E-state index in [2.05, 4.69) is 15.4 Å². The predicted molar refractivity (Wildman–Crippen MR) is 114 cm³/mol. The number of carbonyl (C=O) groups is 1. The lowest BCUT2D eigenvalue weighted by Crippen LogP contribution is -2.30. The normalized spacial score (nSPS) is 14.7. The van der Waals surface area contributed by atoms with E-state index in [9.17, 15) is 9.59 Å². The van der Waals surface area contributed by atoms with Crippen LogP contribution in [0.3, 0.4) is 0 Å². The topological polar surface area (TPSA) is 85.6 Å². The van der Waals surface area contributed by atoms with Gasteiger partial charge in [-0.25, -0.2) is 4.98 Å². The SMILES string of the molecule is O=C(Cc1cnc2ccc(CC3CCOCC3)nn2c1=O)NCc1ccc(Cl)cc1. The second-order valence-electron chi connectivity index (χ2n) is 7.52. The second kappa shape index (κ2) is 9.36. The summed E-state index contributed by atoms with van der Waals surface area (Å²) in [7, 11) is 0. The van der Waals surface area contributed by atoms with E-state index in [1.165, 1.54) is 10.7 Å². The van der Waals surface area contributed by atoms with Gasteiger partial charge in [-0.05, 0) is 55.0 Å². The number of halogens is 1. The quantitative estimate of drug-likeness (QED) is 0.654. The maximum Gasteiger partial charge on any atom is 0.278 e. The number of rotatable bonds is 6. The molecule has 156 valence electrons. The number of nitrogens with one attached hydrogen (secondary N) is 1. The number of benzene rings is 1. The third-order valence-corrected chi connectivity index (χ3v) is 5.53. The molecule has 1 aliphatic rings. The highest BCUT2D eigenvalue weighted by Gasteiger charge is 2.16. The fourth-order valence-electron chi connectivity index (χ4n) is 3.55. The van der Waals surface area contributed by atoms with Crippen molar-refractivity contribution in [1.29, 1.82) is 0 Å². The smallest absolute Gasteiger partial charge is 0.278 e. The minimum absolute atomic E-state index is 0.0474. The molecule has 3 aromatic rings. The maximum absolute atomic E-state index is 12.9. The summed E-state index contributed by atoms with van der Waals surface area (Å²) in [6.07, 6.45) is 4.21. The Morgan fingerprint density at radius 1 is 1.17 bits per heavy atom. The zero-order chi connectivity index (χ0) is 20.9. The molecule has 0 bridgehead atoms. The first-order chi connectivity index (χ1) is 14.6. The van der Waals surface area contributed by atoms with Gasteiger partial charge in [0.15, 0.2) is 5.65 Å². The van der Waals surface area contributed by atoms with Gasteiger partial charge in [0.25, 0.3) is 5.56 Å². The van der Waals surface area contributed by atoms with Crippen molar-refractivity contribution in [3.63, 3.8) is 0 Å². The van der Waals surface area contributed by atoms with Crippen LogP contribution in [0.25, 0.3) is 5.65 Å². The van der Waals surface area contributed by atoms with Crippen molar-refractivity contribution in [3.05, 3.63) is 74.8 Å². The fourth-order valence-corrected chi connectivity index (χ4v) is 3.68. The van der Waals surface area contributed by atoms with Gasteiger partial charge in [0, 0.05) is 36.5 Å². The molecular weight excluding hydrogens is 404 g/mol. The number of amides is 1. The molecule has 30 heavy (non-hydrogen) atoms. The lowest BCUT2D eigenvalue weighted by molar-refractivity contribution is -0.120. The number of carbonyl (C=O) groups excluding carboxylic acids is 1. The first-order valence-electron chi connectivity index (χ1n) is 10.0. The predicted octanol–water partition coefficient (Wildman–Crippen LogP) is 2.57. The van der Waals surface area contributed by atoms with Crippen LogP contribution in [-0.4, -0.2) is 33.7 Å². The molecule has 1 N–H and O–H groups in total. The van der Waals surface area contributed by atoms with Crippen LogP contribution >= 0.6 is 11.6 Å². The molecule has 1 aromatic carbocycles. The zero-order valence-corrected chi connectivity index (χ0v) is 17.3. The van der Waals surface area contributed by atoms with E-state index in [1.54, 1.807) is 18.2 Å². The number of hydrogen-bond donors (Lipinski definition) is 1. The molecule has 0 atom stereocenters. The van der Waals surface area contributed by atoms with Crippen molar-refractivity contribution < 1.29 is 9.53 Å². The lowest BCUT2D eigenvalue weighted by atomic mass is 9.95. The van der Waals surface area contributed by atoms with E-state index in [1.807, 2.05) is 18.2 Å². The highest BCUT2D eigenvalue weighted by Crippen LogP contribution is 2.19. The molecule has 0 unspecified atom stereocenters. The first-order valence-corrected chi connectivity index (χ1v) is 10.4. The lowest BCUT2D eigenvalue weighted by Gasteiger charge is -2.21.